The van der Waals surface area contributed by atoms with Crippen LogP contribution >= 0.6 is 0 Å². The van der Waals surface area contributed by atoms with Gasteiger partial charge in [-0.2, -0.15) is 0 Å². The fourth-order valence-electron chi connectivity index (χ4n) is 3.38. The maximum Gasteiger partial charge on any atom is 0.248 e. The lowest BCUT2D eigenvalue weighted by atomic mass is 9.87. The molecule has 0 saturated carbocycles. The third-order valence-corrected chi connectivity index (χ3v) is 5.06. The predicted octanol–water partition coefficient (Wildman–Crippen LogP) is 3.19. The second-order valence-electron chi connectivity index (χ2n) is 8.47. The Labute approximate surface area is 177 Å². The van der Waals surface area contributed by atoms with Crippen molar-refractivity contribution in [2.24, 2.45) is 0 Å². The summed E-state index contributed by atoms with van der Waals surface area (Å²) in [4.78, 5) is 14.3. The summed E-state index contributed by atoms with van der Waals surface area (Å²) in [5.74, 6) is 0.398. The summed E-state index contributed by atoms with van der Waals surface area (Å²) in [6, 6.07) is 13.5. The van der Waals surface area contributed by atoms with Crippen molar-refractivity contribution in [2.75, 3.05) is 36.5 Å². The van der Waals surface area contributed by atoms with Crippen LogP contribution in [-0.2, 0) is 10.2 Å². The molecule has 0 saturated heterocycles. The van der Waals surface area contributed by atoms with Gasteiger partial charge < -0.3 is 25.2 Å². The number of aliphatic hydroxyl groups is 2. The normalized spacial score (nSPS) is 16.3. The third-order valence-electron chi connectivity index (χ3n) is 5.06. The van der Waals surface area contributed by atoms with Crippen LogP contribution in [-0.4, -0.2) is 48.5 Å². The number of fused-ring (bicyclic) bond motifs is 1. The molecule has 0 spiro atoms. The molecule has 1 amide bonds. The second kappa shape index (κ2) is 9.32. The van der Waals surface area contributed by atoms with Crippen LogP contribution in [0.1, 0.15) is 31.9 Å². The average Bonchev–Trinajstić information content (AvgIpc) is 2.72. The maximum absolute atomic E-state index is 12.4. The number of benzene rings is 2. The van der Waals surface area contributed by atoms with E-state index < -0.39 is 0 Å². The van der Waals surface area contributed by atoms with E-state index in [0.29, 0.717) is 24.5 Å². The van der Waals surface area contributed by atoms with Crippen LogP contribution in [0.5, 0.6) is 5.75 Å². The maximum atomic E-state index is 12.4. The van der Waals surface area contributed by atoms with Crippen molar-refractivity contribution in [1.82, 2.24) is 0 Å². The van der Waals surface area contributed by atoms with Crippen LogP contribution in [0.25, 0.3) is 6.08 Å². The van der Waals surface area contributed by atoms with Gasteiger partial charge in [0.15, 0.2) is 0 Å². The number of β-amino-alcohol motifs (C(OH)–C–C–N with tert-alkyl or cyclic N) is 1. The molecule has 3 rings (SSSR count). The van der Waals surface area contributed by atoms with Crippen molar-refractivity contribution < 1.29 is 19.7 Å². The summed E-state index contributed by atoms with van der Waals surface area (Å²) < 4.78 is 5.76. The van der Waals surface area contributed by atoms with Crippen LogP contribution in [0.2, 0.25) is 0 Å². The Morgan fingerprint density at radius 1 is 1.20 bits per heavy atom. The highest BCUT2D eigenvalue weighted by Gasteiger charge is 2.25. The van der Waals surface area contributed by atoms with Gasteiger partial charge in [-0.25, -0.2) is 0 Å². The highest BCUT2D eigenvalue weighted by molar-refractivity contribution is 6.02. The number of nitrogens with one attached hydrogen (secondary N) is 1. The first-order chi connectivity index (χ1) is 14.3. The van der Waals surface area contributed by atoms with E-state index in [1.165, 1.54) is 11.6 Å². The van der Waals surface area contributed by atoms with Gasteiger partial charge in [-0.1, -0.05) is 45.0 Å². The van der Waals surface area contributed by atoms with Crippen molar-refractivity contribution in [3.8, 4) is 5.75 Å². The molecule has 160 valence electrons. The molecule has 6 heteroatoms. The molecular formula is C24H30N2O4. The summed E-state index contributed by atoms with van der Waals surface area (Å²) >= 11 is 0. The number of hydrogen-bond donors (Lipinski definition) is 3. The molecule has 1 aliphatic heterocycles. The molecule has 0 aromatic heterocycles. The number of carbonyl (C=O) groups is 1. The zero-order chi connectivity index (χ0) is 21.7. The topological polar surface area (TPSA) is 82.0 Å². The summed E-state index contributed by atoms with van der Waals surface area (Å²) in [6.07, 6.45) is 2.96. The average molecular weight is 411 g/mol. The number of rotatable bonds is 6. The first kappa shape index (κ1) is 21.9. The fraction of sp³-hybridized carbons (Fsp3) is 0.375. The number of carbonyl (C=O) groups excluding carboxylic acids is 1. The molecule has 0 bridgehead atoms. The summed E-state index contributed by atoms with van der Waals surface area (Å²) in [5, 5.41) is 21.6. The van der Waals surface area contributed by atoms with Crippen molar-refractivity contribution in [1.29, 1.82) is 0 Å². The number of ether oxygens (including phenoxy) is 1. The number of hydrogen-bond acceptors (Lipinski definition) is 5. The van der Waals surface area contributed by atoms with E-state index in [0.717, 1.165) is 11.3 Å². The Morgan fingerprint density at radius 2 is 1.93 bits per heavy atom. The zero-order valence-electron chi connectivity index (χ0n) is 17.8. The quantitative estimate of drug-likeness (QED) is 0.637. The minimum absolute atomic E-state index is 0.00901. The van der Waals surface area contributed by atoms with Crippen LogP contribution < -0.4 is 15.0 Å². The summed E-state index contributed by atoms with van der Waals surface area (Å²) in [6.45, 7) is 7.30. The number of anilines is 2. The second-order valence-corrected chi connectivity index (χ2v) is 8.47. The van der Waals surface area contributed by atoms with Crippen molar-refractivity contribution in [2.45, 2.75) is 32.3 Å². The molecule has 0 fully saturated rings. The number of aliphatic hydroxyl groups excluding tert-OH is 2. The first-order valence-corrected chi connectivity index (χ1v) is 10.2. The highest BCUT2D eigenvalue weighted by atomic mass is 16.5. The molecule has 0 aliphatic carbocycles. The fourth-order valence-corrected chi connectivity index (χ4v) is 3.38. The molecule has 1 aliphatic rings. The monoisotopic (exact) mass is 410 g/mol. The minimum atomic E-state index is -0.336. The van der Waals surface area contributed by atoms with E-state index >= 15 is 0 Å². The van der Waals surface area contributed by atoms with Gasteiger partial charge in [0.25, 0.3) is 0 Å². The molecule has 1 atom stereocenters. The van der Waals surface area contributed by atoms with E-state index in [-0.39, 0.29) is 30.6 Å². The Bertz CT molecular complexity index is 900. The predicted molar refractivity (Wildman–Crippen MR) is 120 cm³/mol. The summed E-state index contributed by atoms with van der Waals surface area (Å²) in [5.41, 5.74) is 3.72. The van der Waals surface area contributed by atoms with Gasteiger partial charge in [-0.05, 0) is 40.8 Å². The van der Waals surface area contributed by atoms with Gasteiger partial charge in [-0.15, -0.1) is 0 Å². The lowest BCUT2D eigenvalue weighted by Gasteiger charge is -2.35. The van der Waals surface area contributed by atoms with Gasteiger partial charge in [-0.3, -0.25) is 4.79 Å². The van der Waals surface area contributed by atoms with E-state index in [1.54, 1.807) is 18.2 Å². The van der Waals surface area contributed by atoms with E-state index in [1.807, 2.05) is 23.1 Å². The van der Waals surface area contributed by atoms with Crippen molar-refractivity contribution in [3.05, 3.63) is 59.7 Å². The molecule has 2 aromatic rings. The van der Waals surface area contributed by atoms with Crippen LogP contribution in [0, 0.1) is 0 Å². The van der Waals surface area contributed by atoms with E-state index in [9.17, 15) is 15.0 Å². The Balaban J connectivity index is 1.68. The Morgan fingerprint density at radius 3 is 2.57 bits per heavy atom. The lowest BCUT2D eigenvalue weighted by molar-refractivity contribution is -0.111. The van der Waals surface area contributed by atoms with Gasteiger partial charge >= 0.3 is 0 Å². The Kier molecular flexibility index (Phi) is 6.80. The first-order valence-electron chi connectivity index (χ1n) is 10.2. The number of nitrogens with zero attached hydrogens (tertiary/aromatic N) is 1. The SMILES string of the molecule is CC(C)(C)c1ccc(C=CC(=O)Nc2ccc3c(c2)N(CCO)CC(CO)O3)cc1. The van der Waals surface area contributed by atoms with Gasteiger partial charge in [0.2, 0.25) is 5.91 Å². The smallest absolute Gasteiger partial charge is 0.248 e. The minimum Gasteiger partial charge on any atom is -0.484 e. The molecule has 3 N–H and O–H groups in total. The van der Waals surface area contributed by atoms with Crippen LogP contribution in [0.4, 0.5) is 11.4 Å². The lowest BCUT2D eigenvalue weighted by Crippen LogP contribution is -2.43. The molecule has 0 radical (unpaired) electrons. The Hall–Kier alpha value is -2.83. The van der Waals surface area contributed by atoms with Gasteiger partial charge in [0, 0.05) is 18.3 Å². The van der Waals surface area contributed by atoms with Gasteiger partial charge in [0.1, 0.15) is 11.9 Å². The van der Waals surface area contributed by atoms with Crippen LogP contribution in [0.3, 0.4) is 0 Å². The van der Waals surface area contributed by atoms with Crippen molar-refractivity contribution in [3.63, 3.8) is 0 Å². The van der Waals surface area contributed by atoms with E-state index in [4.69, 9.17) is 4.74 Å². The van der Waals surface area contributed by atoms with Gasteiger partial charge in [0.05, 0.1) is 25.4 Å². The largest absolute Gasteiger partial charge is 0.484 e. The van der Waals surface area contributed by atoms with Crippen molar-refractivity contribution >= 4 is 23.4 Å². The van der Waals surface area contributed by atoms with E-state index in [2.05, 4.69) is 38.2 Å². The zero-order valence-corrected chi connectivity index (χ0v) is 17.8. The molecule has 1 heterocycles. The standard InChI is InChI=1S/C24H30N2O4/c1-24(2,3)18-7-4-17(5-8-18)6-11-23(29)25-19-9-10-22-21(14-19)26(12-13-27)15-20(16-28)30-22/h4-11,14,20,27-28H,12-13,15-16H2,1-3H3,(H,25,29). The molecule has 1 unspecified atom stereocenters. The molecule has 2 aromatic carbocycles. The summed E-state index contributed by atoms with van der Waals surface area (Å²) in [7, 11) is 0. The number of amides is 1. The molecule has 30 heavy (non-hydrogen) atoms. The van der Waals surface area contributed by atoms with Crippen LogP contribution in [0.15, 0.2) is 48.5 Å². The highest BCUT2D eigenvalue weighted by Crippen LogP contribution is 2.35. The third kappa shape index (κ3) is 5.40. The molecular weight excluding hydrogens is 380 g/mol. The molecule has 6 nitrogen and oxygen atoms in total.